The Kier molecular flexibility index (Phi) is 3.23. The smallest absolute Gasteiger partial charge is 0.119 e. The van der Waals surface area contributed by atoms with Crippen LogP contribution in [-0.2, 0) is 4.74 Å². The number of ether oxygens (including phenoxy) is 2. The lowest BCUT2D eigenvalue weighted by atomic mass is 9.99. The van der Waals surface area contributed by atoms with E-state index >= 15 is 0 Å². The lowest BCUT2D eigenvalue weighted by molar-refractivity contribution is -0.0448. The maximum Gasteiger partial charge on any atom is 0.119 e. The predicted molar refractivity (Wildman–Crippen MR) is 56.9 cm³/mol. The minimum atomic E-state index is -0.241. The second-order valence-corrected chi connectivity index (χ2v) is 3.81. The molecule has 1 aromatic carbocycles. The fourth-order valence-corrected chi connectivity index (χ4v) is 1.85. The SMILES string of the molecule is COc1cccc(C2CC(O)CCO2)c1. The Morgan fingerprint density at radius 1 is 1.47 bits per heavy atom. The molecule has 1 N–H and O–H groups in total. The number of benzene rings is 1. The Morgan fingerprint density at radius 3 is 3.07 bits per heavy atom. The normalized spacial score (nSPS) is 26.3. The van der Waals surface area contributed by atoms with Crippen LogP contribution in [0.25, 0.3) is 0 Å². The molecule has 0 saturated carbocycles. The van der Waals surface area contributed by atoms with Gasteiger partial charge in [0, 0.05) is 13.0 Å². The summed E-state index contributed by atoms with van der Waals surface area (Å²) < 4.78 is 10.8. The van der Waals surface area contributed by atoms with Crippen molar-refractivity contribution in [2.24, 2.45) is 0 Å². The monoisotopic (exact) mass is 208 g/mol. The van der Waals surface area contributed by atoms with Crippen molar-refractivity contribution in [2.45, 2.75) is 25.0 Å². The van der Waals surface area contributed by atoms with Gasteiger partial charge in [-0.25, -0.2) is 0 Å². The second kappa shape index (κ2) is 4.64. The molecule has 0 amide bonds. The maximum absolute atomic E-state index is 9.56. The van der Waals surface area contributed by atoms with Gasteiger partial charge in [0.25, 0.3) is 0 Å². The Balaban J connectivity index is 2.13. The maximum atomic E-state index is 9.56. The first-order valence-corrected chi connectivity index (χ1v) is 5.23. The Labute approximate surface area is 89.6 Å². The van der Waals surface area contributed by atoms with Gasteiger partial charge in [0.2, 0.25) is 0 Å². The lowest BCUT2D eigenvalue weighted by Gasteiger charge is -2.26. The van der Waals surface area contributed by atoms with E-state index in [9.17, 15) is 5.11 Å². The van der Waals surface area contributed by atoms with E-state index in [1.807, 2.05) is 24.3 Å². The Hall–Kier alpha value is -1.06. The zero-order valence-electron chi connectivity index (χ0n) is 8.85. The van der Waals surface area contributed by atoms with Gasteiger partial charge in [-0.3, -0.25) is 0 Å². The molecule has 3 nitrogen and oxygen atoms in total. The van der Waals surface area contributed by atoms with E-state index in [4.69, 9.17) is 9.47 Å². The minimum absolute atomic E-state index is 0.00356. The average Bonchev–Trinajstić information content (AvgIpc) is 2.29. The number of aliphatic hydroxyl groups is 1. The molecule has 1 aromatic rings. The van der Waals surface area contributed by atoms with Crippen molar-refractivity contribution in [3.05, 3.63) is 29.8 Å². The van der Waals surface area contributed by atoms with E-state index in [1.54, 1.807) is 7.11 Å². The molecule has 1 saturated heterocycles. The standard InChI is InChI=1S/C12H16O3/c1-14-11-4-2-3-9(7-11)12-8-10(13)5-6-15-12/h2-4,7,10,12-13H,5-6,8H2,1H3. The molecule has 1 fully saturated rings. The van der Waals surface area contributed by atoms with Gasteiger partial charge >= 0.3 is 0 Å². The Morgan fingerprint density at radius 2 is 2.33 bits per heavy atom. The van der Waals surface area contributed by atoms with Crippen LogP contribution in [0.2, 0.25) is 0 Å². The highest BCUT2D eigenvalue weighted by atomic mass is 16.5. The van der Waals surface area contributed by atoms with Crippen molar-refractivity contribution in [2.75, 3.05) is 13.7 Å². The van der Waals surface area contributed by atoms with Gasteiger partial charge in [0.05, 0.1) is 19.3 Å². The number of hydrogen-bond donors (Lipinski definition) is 1. The van der Waals surface area contributed by atoms with Gasteiger partial charge in [0.1, 0.15) is 5.75 Å². The third kappa shape index (κ3) is 2.49. The zero-order chi connectivity index (χ0) is 10.7. The van der Waals surface area contributed by atoms with Gasteiger partial charge in [0.15, 0.2) is 0 Å². The van der Waals surface area contributed by atoms with Crippen molar-refractivity contribution in [3.63, 3.8) is 0 Å². The Bertz CT molecular complexity index is 324. The molecule has 0 aromatic heterocycles. The zero-order valence-corrected chi connectivity index (χ0v) is 8.85. The molecule has 0 radical (unpaired) electrons. The molecule has 0 spiro atoms. The number of methoxy groups -OCH3 is 1. The van der Waals surface area contributed by atoms with Crippen LogP contribution in [0.3, 0.4) is 0 Å². The van der Waals surface area contributed by atoms with E-state index in [-0.39, 0.29) is 12.2 Å². The van der Waals surface area contributed by atoms with Crippen LogP contribution in [0.4, 0.5) is 0 Å². The van der Waals surface area contributed by atoms with E-state index < -0.39 is 0 Å². The van der Waals surface area contributed by atoms with Crippen LogP contribution in [0, 0.1) is 0 Å². The summed E-state index contributed by atoms with van der Waals surface area (Å²) in [5.41, 5.74) is 1.08. The van der Waals surface area contributed by atoms with E-state index in [0.29, 0.717) is 13.0 Å². The minimum Gasteiger partial charge on any atom is -0.497 e. The van der Waals surface area contributed by atoms with Crippen LogP contribution in [0.15, 0.2) is 24.3 Å². The van der Waals surface area contributed by atoms with Crippen LogP contribution in [0.5, 0.6) is 5.75 Å². The quantitative estimate of drug-likeness (QED) is 0.806. The largest absolute Gasteiger partial charge is 0.497 e. The first-order valence-electron chi connectivity index (χ1n) is 5.23. The third-order valence-electron chi connectivity index (χ3n) is 2.72. The van der Waals surface area contributed by atoms with E-state index in [1.165, 1.54) is 0 Å². The van der Waals surface area contributed by atoms with Crippen LogP contribution in [0.1, 0.15) is 24.5 Å². The molecule has 3 heteroatoms. The van der Waals surface area contributed by atoms with Crippen molar-refractivity contribution in [3.8, 4) is 5.75 Å². The molecule has 1 aliphatic heterocycles. The number of hydrogen-bond acceptors (Lipinski definition) is 3. The van der Waals surface area contributed by atoms with Gasteiger partial charge in [-0.2, -0.15) is 0 Å². The van der Waals surface area contributed by atoms with Crippen molar-refractivity contribution in [1.29, 1.82) is 0 Å². The molecule has 0 bridgehead atoms. The molecule has 1 aliphatic rings. The summed E-state index contributed by atoms with van der Waals surface area (Å²) in [4.78, 5) is 0. The first-order chi connectivity index (χ1) is 7.29. The lowest BCUT2D eigenvalue weighted by Crippen LogP contribution is -2.23. The topological polar surface area (TPSA) is 38.7 Å². The van der Waals surface area contributed by atoms with Gasteiger partial charge in [-0.05, 0) is 24.1 Å². The highest BCUT2D eigenvalue weighted by molar-refractivity contribution is 5.30. The van der Waals surface area contributed by atoms with Crippen LogP contribution < -0.4 is 4.74 Å². The molecular formula is C12H16O3. The van der Waals surface area contributed by atoms with Crippen molar-refractivity contribution < 1.29 is 14.6 Å². The van der Waals surface area contributed by atoms with Gasteiger partial charge < -0.3 is 14.6 Å². The fourth-order valence-electron chi connectivity index (χ4n) is 1.85. The summed E-state index contributed by atoms with van der Waals surface area (Å²) in [5, 5.41) is 9.56. The highest BCUT2D eigenvalue weighted by Crippen LogP contribution is 2.29. The average molecular weight is 208 g/mol. The molecule has 0 aliphatic carbocycles. The van der Waals surface area contributed by atoms with Crippen molar-refractivity contribution in [1.82, 2.24) is 0 Å². The molecule has 2 rings (SSSR count). The molecule has 2 atom stereocenters. The summed E-state index contributed by atoms with van der Waals surface area (Å²) in [5.74, 6) is 0.830. The van der Waals surface area contributed by atoms with Crippen LogP contribution in [-0.4, -0.2) is 24.9 Å². The van der Waals surface area contributed by atoms with E-state index in [2.05, 4.69) is 0 Å². The molecule has 2 unspecified atom stereocenters. The van der Waals surface area contributed by atoms with Crippen LogP contribution >= 0.6 is 0 Å². The summed E-state index contributed by atoms with van der Waals surface area (Å²) in [7, 11) is 1.65. The third-order valence-corrected chi connectivity index (χ3v) is 2.72. The number of rotatable bonds is 2. The fraction of sp³-hybridized carbons (Fsp3) is 0.500. The summed E-state index contributed by atoms with van der Waals surface area (Å²) in [6, 6.07) is 7.81. The summed E-state index contributed by atoms with van der Waals surface area (Å²) >= 11 is 0. The predicted octanol–water partition coefficient (Wildman–Crippen LogP) is 1.91. The first kappa shape index (κ1) is 10.5. The van der Waals surface area contributed by atoms with Gasteiger partial charge in [-0.1, -0.05) is 12.1 Å². The molecular weight excluding hydrogens is 192 g/mol. The van der Waals surface area contributed by atoms with Gasteiger partial charge in [-0.15, -0.1) is 0 Å². The summed E-state index contributed by atoms with van der Waals surface area (Å²) in [6.07, 6.45) is 1.17. The molecule has 15 heavy (non-hydrogen) atoms. The molecule has 82 valence electrons. The number of aliphatic hydroxyl groups excluding tert-OH is 1. The van der Waals surface area contributed by atoms with Crippen molar-refractivity contribution >= 4 is 0 Å². The summed E-state index contributed by atoms with van der Waals surface area (Å²) in [6.45, 7) is 0.628. The highest BCUT2D eigenvalue weighted by Gasteiger charge is 2.22. The second-order valence-electron chi connectivity index (χ2n) is 3.81. The molecule has 1 heterocycles. The van der Waals surface area contributed by atoms with E-state index in [0.717, 1.165) is 17.7 Å².